The lowest BCUT2D eigenvalue weighted by molar-refractivity contribution is 0.338. The highest BCUT2D eigenvalue weighted by atomic mass is 15.2. The van der Waals surface area contributed by atoms with Crippen LogP contribution in [0.1, 0.15) is 45.1 Å². The van der Waals surface area contributed by atoms with E-state index in [-0.39, 0.29) is 0 Å². The van der Waals surface area contributed by atoms with E-state index < -0.39 is 0 Å². The van der Waals surface area contributed by atoms with Crippen molar-refractivity contribution in [3.05, 3.63) is 35.9 Å². The van der Waals surface area contributed by atoms with Crippen LogP contribution in [0.5, 0.6) is 0 Å². The van der Waals surface area contributed by atoms with Crippen LogP contribution in [0.4, 0.5) is 0 Å². The first kappa shape index (κ1) is 12.6. The summed E-state index contributed by atoms with van der Waals surface area (Å²) in [5.74, 6) is 6.52. The summed E-state index contributed by atoms with van der Waals surface area (Å²) in [4.78, 5) is 0. The van der Waals surface area contributed by atoms with E-state index in [4.69, 9.17) is 5.84 Å². The Balaban J connectivity index is 2.14. The van der Waals surface area contributed by atoms with Gasteiger partial charge in [-0.2, -0.15) is 0 Å². The molecule has 0 saturated heterocycles. The Hall–Kier alpha value is -0.860. The second kappa shape index (κ2) is 5.19. The maximum atomic E-state index is 5.79. The Morgan fingerprint density at radius 3 is 2.41 bits per heavy atom. The van der Waals surface area contributed by atoms with Crippen LogP contribution in [-0.2, 0) is 5.41 Å². The molecule has 3 N–H and O–H groups in total. The van der Waals surface area contributed by atoms with Crippen LogP contribution in [0.15, 0.2) is 30.3 Å². The fraction of sp³-hybridized carbons (Fsp3) is 0.600. The summed E-state index contributed by atoms with van der Waals surface area (Å²) in [6.45, 7) is 4.56. The highest BCUT2D eigenvalue weighted by Gasteiger charge is 2.50. The molecular weight excluding hydrogens is 208 g/mol. The monoisotopic (exact) mass is 232 g/mol. The quantitative estimate of drug-likeness (QED) is 0.584. The maximum Gasteiger partial charge on any atom is 0.0309 e. The molecule has 2 heteroatoms. The molecule has 2 unspecified atom stereocenters. The Bertz CT molecular complexity index is 343. The summed E-state index contributed by atoms with van der Waals surface area (Å²) in [6, 6.07) is 11.2. The van der Waals surface area contributed by atoms with Crippen molar-refractivity contribution in [2.75, 3.05) is 0 Å². The maximum absolute atomic E-state index is 5.79. The number of nitrogens with two attached hydrogens (primary N) is 1. The van der Waals surface area contributed by atoms with E-state index in [0.717, 1.165) is 5.92 Å². The number of nitrogens with one attached hydrogen (secondary N) is 1. The molecule has 2 nitrogen and oxygen atoms in total. The Morgan fingerprint density at radius 2 is 1.94 bits per heavy atom. The van der Waals surface area contributed by atoms with Gasteiger partial charge in [0.1, 0.15) is 0 Å². The van der Waals surface area contributed by atoms with Crippen LogP contribution >= 0.6 is 0 Å². The zero-order chi connectivity index (χ0) is 12.3. The van der Waals surface area contributed by atoms with Crippen molar-refractivity contribution in [1.82, 2.24) is 5.43 Å². The van der Waals surface area contributed by atoms with E-state index in [9.17, 15) is 0 Å². The van der Waals surface area contributed by atoms with Crippen LogP contribution in [0.2, 0.25) is 0 Å². The Morgan fingerprint density at radius 1 is 1.29 bits per heavy atom. The first-order valence-corrected chi connectivity index (χ1v) is 6.74. The first-order chi connectivity index (χ1) is 8.23. The molecule has 0 aliphatic heterocycles. The predicted molar refractivity (Wildman–Crippen MR) is 72.5 cm³/mol. The van der Waals surface area contributed by atoms with Crippen molar-refractivity contribution < 1.29 is 0 Å². The van der Waals surface area contributed by atoms with Crippen LogP contribution in [0.25, 0.3) is 0 Å². The van der Waals surface area contributed by atoms with Crippen molar-refractivity contribution in [3.8, 4) is 0 Å². The van der Waals surface area contributed by atoms with Gasteiger partial charge in [0.2, 0.25) is 0 Å². The topological polar surface area (TPSA) is 38.0 Å². The molecule has 0 bridgehead atoms. The number of rotatable bonds is 6. The largest absolute Gasteiger partial charge is 0.271 e. The van der Waals surface area contributed by atoms with E-state index >= 15 is 0 Å². The van der Waals surface area contributed by atoms with E-state index in [2.05, 4.69) is 49.6 Å². The number of hydrogen-bond acceptors (Lipinski definition) is 2. The normalized spacial score (nSPS) is 20.9. The van der Waals surface area contributed by atoms with Gasteiger partial charge in [0.15, 0.2) is 0 Å². The van der Waals surface area contributed by atoms with Crippen LogP contribution in [-0.4, -0.2) is 6.04 Å². The molecular formula is C15H24N2. The van der Waals surface area contributed by atoms with Crippen molar-refractivity contribution in [1.29, 1.82) is 0 Å². The molecule has 0 heterocycles. The third-order valence-electron chi connectivity index (χ3n) is 4.34. The predicted octanol–water partition coefficient (Wildman–Crippen LogP) is 2.99. The summed E-state index contributed by atoms with van der Waals surface area (Å²) in [5.41, 5.74) is 4.82. The molecule has 17 heavy (non-hydrogen) atoms. The number of hydrogen-bond donors (Lipinski definition) is 2. The zero-order valence-corrected chi connectivity index (χ0v) is 10.9. The van der Waals surface area contributed by atoms with Crippen LogP contribution < -0.4 is 11.3 Å². The molecule has 0 spiro atoms. The average molecular weight is 232 g/mol. The molecule has 1 aromatic carbocycles. The van der Waals surface area contributed by atoms with Crippen molar-refractivity contribution >= 4 is 0 Å². The van der Waals surface area contributed by atoms with E-state index in [1.54, 1.807) is 0 Å². The second-order valence-corrected chi connectivity index (χ2v) is 5.49. The standard InChI is InChI=1S/C15H24N2/c1-3-12(2)11-14(17-16)15(9-10-15)13-7-5-4-6-8-13/h4-8,12,14,17H,3,9-11,16H2,1-2H3. The summed E-state index contributed by atoms with van der Waals surface area (Å²) < 4.78 is 0. The fourth-order valence-electron chi connectivity index (χ4n) is 2.77. The average Bonchev–Trinajstić information content (AvgIpc) is 3.18. The van der Waals surface area contributed by atoms with Crippen molar-refractivity contribution in [3.63, 3.8) is 0 Å². The molecule has 1 saturated carbocycles. The van der Waals surface area contributed by atoms with E-state index in [1.807, 2.05) is 0 Å². The summed E-state index contributed by atoms with van der Waals surface area (Å²) in [7, 11) is 0. The van der Waals surface area contributed by atoms with Crippen LogP contribution in [0, 0.1) is 5.92 Å². The van der Waals surface area contributed by atoms with Gasteiger partial charge in [-0.3, -0.25) is 11.3 Å². The summed E-state index contributed by atoms with van der Waals surface area (Å²) in [5, 5.41) is 0. The van der Waals surface area contributed by atoms with Gasteiger partial charge < -0.3 is 0 Å². The highest BCUT2D eigenvalue weighted by Crippen LogP contribution is 2.52. The minimum Gasteiger partial charge on any atom is -0.271 e. The van der Waals surface area contributed by atoms with Gasteiger partial charge in [0.25, 0.3) is 0 Å². The molecule has 2 rings (SSSR count). The lowest BCUT2D eigenvalue weighted by Crippen LogP contribution is -2.45. The fourth-order valence-corrected chi connectivity index (χ4v) is 2.77. The molecule has 2 atom stereocenters. The van der Waals surface area contributed by atoms with E-state index in [0.29, 0.717) is 11.5 Å². The molecule has 1 aliphatic rings. The molecule has 94 valence electrons. The third-order valence-corrected chi connectivity index (χ3v) is 4.34. The van der Waals surface area contributed by atoms with Gasteiger partial charge in [-0.25, -0.2) is 0 Å². The molecule has 1 aliphatic carbocycles. The first-order valence-electron chi connectivity index (χ1n) is 6.74. The smallest absolute Gasteiger partial charge is 0.0309 e. The summed E-state index contributed by atoms with van der Waals surface area (Å²) in [6.07, 6.45) is 4.93. The second-order valence-electron chi connectivity index (χ2n) is 5.49. The van der Waals surface area contributed by atoms with Crippen molar-refractivity contribution in [2.45, 2.75) is 51.0 Å². The van der Waals surface area contributed by atoms with Gasteiger partial charge in [-0.1, -0.05) is 50.6 Å². The Kier molecular flexibility index (Phi) is 3.85. The van der Waals surface area contributed by atoms with Gasteiger partial charge in [0.05, 0.1) is 0 Å². The highest BCUT2D eigenvalue weighted by molar-refractivity contribution is 5.33. The minimum atomic E-state index is 0.305. The van der Waals surface area contributed by atoms with Gasteiger partial charge in [-0.15, -0.1) is 0 Å². The van der Waals surface area contributed by atoms with Crippen molar-refractivity contribution in [2.24, 2.45) is 11.8 Å². The zero-order valence-electron chi connectivity index (χ0n) is 10.9. The van der Waals surface area contributed by atoms with Gasteiger partial charge in [-0.05, 0) is 30.7 Å². The van der Waals surface area contributed by atoms with Crippen LogP contribution in [0.3, 0.4) is 0 Å². The third kappa shape index (κ3) is 2.53. The molecule has 0 amide bonds. The molecule has 0 aromatic heterocycles. The van der Waals surface area contributed by atoms with Gasteiger partial charge in [0, 0.05) is 11.5 Å². The SMILES string of the molecule is CCC(C)CC(NN)C1(c2ccccc2)CC1. The molecule has 0 radical (unpaired) electrons. The molecule has 1 fully saturated rings. The minimum absolute atomic E-state index is 0.305. The number of benzene rings is 1. The Labute approximate surface area is 105 Å². The van der Waals surface area contributed by atoms with E-state index in [1.165, 1.54) is 31.2 Å². The lowest BCUT2D eigenvalue weighted by Gasteiger charge is -2.29. The van der Waals surface area contributed by atoms with Gasteiger partial charge >= 0.3 is 0 Å². The summed E-state index contributed by atoms with van der Waals surface area (Å²) >= 11 is 0. The molecule has 1 aromatic rings. The number of hydrazine groups is 1. The lowest BCUT2D eigenvalue weighted by atomic mass is 9.83.